The van der Waals surface area contributed by atoms with Crippen LogP contribution in [0.1, 0.15) is 21.5 Å². The van der Waals surface area contributed by atoms with Crippen LogP contribution in [0.25, 0.3) is 0 Å². The number of hydrogen-bond acceptors (Lipinski definition) is 3. The van der Waals surface area contributed by atoms with E-state index in [2.05, 4.69) is 31.5 Å². The van der Waals surface area contributed by atoms with Crippen molar-refractivity contribution in [1.29, 1.82) is 0 Å². The van der Waals surface area contributed by atoms with Crippen LogP contribution in [0.15, 0.2) is 65.3 Å². The number of alkyl halides is 3. The molecule has 0 fully saturated rings. The Hall–Kier alpha value is -2.94. The maximum Gasteiger partial charge on any atom is 0.417 e. The molecule has 0 unspecified atom stereocenters. The van der Waals surface area contributed by atoms with E-state index in [1.807, 2.05) is 0 Å². The van der Waals surface area contributed by atoms with Crippen molar-refractivity contribution in [3.63, 3.8) is 0 Å². The Labute approximate surface area is 172 Å². The van der Waals surface area contributed by atoms with Crippen LogP contribution < -0.4 is 10.6 Å². The average molecular weight is 468 g/mol. The minimum atomic E-state index is -4.75. The zero-order chi connectivity index (χ0) is 21.0. The maximum absolute atomic E-state index is 13.5. The van der Waals surface area contributed by atoms with E-state index in [1.54, 1.807) is 24.3 Å². The molecule has 0 aliphatic rings. The smallest absolute Gasteiger partial charge is 0.348 e. The van der Waals surface area contributed by atoms with Gasteiger partial charge in [0.25, 0.3) is 5.91 Å². The van der Waals surface area contributed by atoms with Gasteiger partial charge in [-0.15, -0.1) is 0 Å². The fraction of sp³-hybridized carbons (Fsp3) is 0.100. The summed E-state index contributed by atoms with van der Waals surface area (Å²) in [5.41, 5.74) is -0.622. The summed E-state index contributed by atoms with van der Waals surface area (Å²) in [5.74, 6) is -1.43. The van der Waals surface area contributed by atoms with Crippen LogP contribution in [0, 0.1) is 5.82 Å². The van der Waals surface area contributed by atoms with Crippen LogP contribution in [0.2, 0.25) is 0 Å². The average Bonchev–Trinajstić information content (AvgIpc) is 2.66. The molecule has 4 nitrogen and oxygen atoms in total. The predicted octanol–water partition coefficient (Wildman–Crippen LogP) is 5.68. The molecule has 0 saturated carbocycles. The zero-order valence-corrected chi connectivity index (χ0v) is 16.3. The van der Waals surface area contributed by atoms with Gasteiger partial charge in [-0.25, -0.2) is 9.37 Å². The van der Waals surface area contributed by atoms with Gasteiger partial charge in [0.2, 0.25) is 0 Å². The number of nitrogens with one attached hydrogen (secondary N) is 2. The topological polar surface area (TPSA) is 54.0 Å². The minimum Gasteiger partial charge on any atom is -0.348 e. The van der Waals surface area contributed by atoms with Gasteiger partial charge in [0, 0.05) is 22.9 Å². The molecule has 0 saturated heterocycles. The van der Waals surface area contributed by atoms with Crippen molar-refractivity contribution >= 4 is 33.3 Å². The van der Waals surface area contributed by atoms with Crippen LogP contribution in [-0.4, -0.2) is 10.9 Å². The summed E-state index contributed by atoms with van der Waals surface area (Å²) in [4.78, 5) is 16.2. The van der Waals surface area contributed by atoms with Gasteiger partial charge in [-0.1, -0.05) is 34.1 Å². The molecule has 0 aliphatic heterocycles. The molecule has 1 aromatic heterocycles. The Morgan fingerprint density at radius 3 is 2.45 bits per heavy atom. The predicted molar refractivity (Wildman–Crippen MR) is 104 cm³/mol. The largest absolute Gasteiger partial charge is 0.417 e. The molecule has 0 spiro atoms. The number of pyridine rings is 1. The summed E-state index contributed by atoms with van der Waals surface area (Å²) in [6.45, 7) is -0.0472. The Balaban J connectivity index is 1.81. The Kier molecular flexibility index (Phi) is 6.17. The lowest BCUT2D eigenvalue weighted by Gasteiger charge is -2.15. The summed E-state index contributed by atoms with van der Waals surface area (Å²) in [6.07, 6.45) is -3.87. The molecule has 3 rings (SSSR count). The maximum atomic E-state index is 13.5. The van der Waals surface area contributed by atoms with Crippen molar-refractivity contribution in [2.45, 2.75) is 12.7 Å². The Morgan fingerprint density at radius 2 is 1.79 bits per heavy atom. The molecule has 29 heavy (non-hydrogen) atoms. The summed E-state index contributed by atoms with van der Waals surface area (Å²) in [5, 5.41) is 5.17. The summed E-state index contributed by atoms with van der Waals surface area (Å²) in [6, 6.07) is 12.9. The number of nitrogens with zero attached hydrogens (tertiary/aromatic N) is 1. The normalized spacial score (nSPS) is 11.2. The number of benzene rings is 2. The fourth-order valence-electron chi connectivity index (χ4n) is 2.53. The highest BCUT2D eigenvalue weighted by molar-refractivity contribution is 9.10. The van der Waals surface area contributed by atoms with Gasteiger partial charge in [0.15, 0.2) is 0 Å². The molecule has 1 amide bonds. The Bertz CT molecular complexity index is 1020. The third-order valence-corrected chi connectivity index (χ3v) is 4.41. The summed E-state index contributed by atoms with van der Waals surface area (Å²) < 4.78 is 54.2. The molecule has 2 N–H and O–H groups in total. The number of aromatic nitrogens is 1. The number of anilines is 2. The fourth-order valence-corrected chi connectivity index (χ4v) is 2.93. The van der Waals surface area contributed by atoms with Crippen LogP contribution >= 0.6 is 15.9 Å². The number of hydrogen-bond donors (Lipinski definition) is 2. The third-order valence-electron chi connectivity index (χ3n) is 3.92. The zero-order valence-electron chi connectivity index (χ0n) is 14.7. The van der Waals surface area contributed by atoms with E-state index in [9.17, 15) is 22.4 Å². The molecule has 2 aromatic carbocycles. The monoisotopic (exact) mass is 467 g/mol. The first-order chi connectivity index (χ1) is 13.7. The van der Waals surface area contributed by atoms with Crippen molar-refractivity contribution in [3.05, 3.63) is 87.8 Å². The molecule has 3 aromatic rings. The number of carbonyl (C=O) groups excluding carboxylic acids is 1. The molecule has 9 heteroatoms. The lowest BCUT2D eigenvalue weighted by molar-refractivity contribution is -0.137. The first kappa shape index (κ1) is 20.8. The van der Waals surface area contributed by atoms with E-state index in [-0.39, 0.29) is 12.4 Å². The van der Waals surface area contributed by atoms with E-state index in [0.717, 1.165) is 16.7 Å². The van der Waals surface area contributed by atoms with Gasteiger partial charge in [0.05, 0.1) is 11.1 Å². The highest BCUT2D eigenvalue weighted by Gasteiger charge is 2.36. The molecule has 0 aliphatic carbocycles. The van der Waals surface area contributed by atoms with Gasteiger partial charge < -0.3 is 10.6 Å². The standard InChI is InChI=1S/C20H14BrF4N3O/c21-13-2-1-3-15(8-13)28-18-9-17(20(23,24)25)16(11-26-18)19(29)27-10-12-4-6-14(22)7-5-12/h1-9,11H,10H2,(H,26,28)(H,27,29). The lowest BCUT2D eigenvalue weighted by atomic mass is 10.1. The van der Waals surface area contributed by atoms with Gasteiger partial charge in [-0.3, -0.25) is 4.79 Å². The van der Waals surface area contributed by atoms with Crippen molar-refractivity contribution in [1.82, 2.24) is 10.3 Å². The second-order valence-corrected chi connectivity index (χ2v) is 6.97. The van der Waals surface area contributed by atoms with E-state index in [4.69, 9.17) is 0 Å². The Morgan fingerprint density at radius 1 is 1.07 bits per heavy atom. The number of amides is 1. The van der Waals surface area contributed by atoms with Crippen molar-refractivity contribution in [3.8, 4) is 0 Å². The highest BCUT2D eigenvalue weighted by atomic mass is 79.9. The molecular weight excluding hydrogens is 454 g/mol. The quantitative estimate of drug-likeness (QED) is 0.475. The van der Waals surface area contributed by atoms with E-state index < -0.39 is 29.0 Å². The third kappa shape index (κ3) is 5.54. The first-order valence-electron chi connectivity index (χ1n) is 8.35. The molecule has 150 valence electrons. The molecular formula is C20H14BrF4N3O. The van der Waals surface area contributed by atoms with Crippen LogP contribution in [0.5, 0.6) is 0 Å². The summed E-state index contributed by atoms with van der Waals surface area (Å²) in [7, 11) is 0. The van der Waals surface area contributed by atoms with E-state index >= 15 is 0 Å². The van der Waals surface area contributed by atoms with Crippen LogP contribution in [-0.2, 0) is 12.7 Å². The first-order valence-corrected chi connectivity index (χ1v) is 9.14. The lowest BCUT2D eigenvalue weighted by Crippen LogP contribution is -2.26. The van der Waals surface area contributed by atoms with E-state index in [0.29, 0.717) is 11.3 Å². The van der Waals surface area contributed by atoms with Gasteiger partial charge in [0.1, 0.15) is 11.6 Å². The van der Waals surface area contributed by atoms with Crippen molar-refractivity contribution in [2.24, 2.45) is 0 Å². The van der Waals surface area contributed by atoms with Gasteiger partial charge >= 0.3 is 6.18 Å². The van der Waals surface area contributed by atoms with Crippen molar-refractivity contribution < 1.29 is 22.4 Å². The van der Waals surface area contributed by atoms with Gasteiger partial charge in [-0.05, 0) is 42.0 Å². The minimum absolute atomic E-state index is 0.0472. The van der Waals surface area contributed by atoms with Gasteiger partial charge in [-0.2, -0.15) is 13.2 Å². The van der Waals surface area contributed by atoms with Crippen molar-refractivity contribution in [2.75, 3.05) is 5.32 Å². The number of carbonyl (C=O) groups is 1. The number of rotatable bonds is 5. The molecule has 0 radical (unpaired) electrons. The molecule has 1 heterocycles. The molecule has 0 atom stereocenters. The number of halogens is 5. The summed E-state index contributed by atoms with van der Waals surface area (Å²) >= 11 is 3.28. The van der Waals surface area contributed by atoms with Crippen LogP contribution in [0.4, 0.5) is 29.1 Å². The van der Waals surface area contributed by atoms with Crippen LogP contribution in [0.3, 0.4) is 0 Å². The molecule has 0 bridgehead atoms. The van der Waals surface area contributed by atoms with E-state index in [1.165, 1.54) is 24.3 Å². The second kappa shape index (κ2) is 8.60. The SMILES string of the molecule is O=C(NCc1ccc(F)cc1)c1cnc(Nc2cccc(Br)c2)cc1C(F)(F)F. The highest BCUT2D eigenvalue weighted by Crippen LogP contribution is 2.33. The second-order valence-electron chi connectivity index (χ2n) is 6.06.